The summed E-state index contributed by atoms with van der Waals surface area (Å²) in [5.74, 6) is 0.682. The number of hydrogen-bond donors (Lipinski definition) is 1. The molecule has 1 amide bonds. The quantitative estimate of drug-likeness (QED) is 0.892. The molecule has 2 aromatic rings. The van der Waals surface area contributed by atoms with Gasteiger partial charge in [0.1, 0.15) is 0 Å². The van der Waals surface area contributed by atoms with Crippen LogP contribution in [-0.2, 0) is 0 Å². The molecule has 2 unspecified atom stereocenters. The third-order valence-electron chi connectivity index (χ3n) is 5.91. The summed E-state index contributed by atoms with van der Waals surface area (Å²) in [7, 11) is 0. The van der Waals surface area contributed by atoms with E-state index >= 15 is 0 Å². The first kappa shape index (κ1) is 15.6. The van der Waals surface area contributed by atoms with E-state index in [1.54, 1.807) is 0 Å². The van der Waals surface area contributed by atoms with Crippen LogP contribution in [0.2, 0.25) is 5.02 Å². The van der Waals surface area contributed by atoms with Crippen LogP contribution in [-0.4, -0.2) is 41.0 Å². The van der Waals surface area contributed by atoms with Crippen molar-refractivity contribution in [3.8, 4) is 0 Å². The van der Waals surface area contributed by atoms with Crippen molar-refractivity contribution in [3.05, 3.63) is 40.5 Å². The first-order chi connectivity index (χ1) is 12.2. The Kier molecular flexibility index (Phi) is 3.72. The van der Waals surface area contributed by atoms with Gasteiger partial charge in [0.2, 0.25) is 0 Å². The molecule has 1 aliphatic carbocycles. The number of fused-ring (bicyclic) bond motifs is 3. The van der Waals surface area contributed by atoms with Gasteiger partial charge >= 0.3 is 0 Å². The van der Waals surface area contributed by atoms with Crippen molar-refractivity contribution in [1.29, 1.82) is 0 Å². The fourth-order valence-corrected chi connectivity index (χ4v) is 4.61. The highest BCUT2D eigenvalue weighted by Crippen LogP contribution is 2.41. The monoisotopic (exact) mass is 355 g/mol. The predicted molar refractivity (Wildman–Crippen MR) is 99.2 cm³/mol. The summed E-state index contributed by atoms with van der Waals surface area (Å²) in [6.07, 6.45) is 5.62. The molecule has 1 aromatic carbocycles. The zero-order chi connectivity index (χ0) is 17.0. The number of nitrogens with zero attached hydrogens (tertiary/aromatic N) is 2. The fourth-order valence-electron chi connectivity index (χ4n) is 4.44. The number of amides is 1. The lowest BCUT2D eigenvalue weighted by molar-refractivity contribution is 0.0682. The molecule has 1 N–H and O–H groups in total. The Hall–Kier alpha value is -1.65. The Balaban J connectivity index is 1.63. The Bertz CT molecular complexity index is 834. The standard InChI is InChI=1S/C20H22ClN3O/c21-13-3-6-18-16(9-13)17(10-19(23-18)12-1-2-12)20(25)24-14-4-5-15(24)11-22-8-7-14/h3,6,9-10,12,14-15,22H,1-2,4-5,7-8,11H2. The minimum absolute atomic E-state index is 0.160. The van der Waals surface area contributed by atoms with Crippen LogP contribution in [0, 0.1) is 0 Å². The Morgan fingerprint density at radius 2 is 1.96 bits per heavy atom. The Morgan fingerprint density at radius 1 is 1.12 bits per heavy atom. The van der Waals surface area contributed by atoms with E-state index in [0.717, 1.165) is 54.5 Å². The van der Waals surface area contributed by atoms with E-state index in [1.165, 1.54) is 12.8 Å². The Labute approximate surface area is 152 Å². The van der Waals surface area contributed by atoms with Crippen molar-refractivity contribution in [2.75, 3.05) is 13.1 Å². The van der Waals surface area contributed by atoms with Crippen molar-refractivity contribution in [2.45, 2.75) is 50.1 Å². The first-order valence-corrected chi connectivity index (χ1v) is 9.72. The van der Waals surface area contributed by atoms with E-state index in [-0.39, 0.29) is 5.91 Å². The highest BCUT2D eigenvalue weighted by atomic mass is 35.5. The molecule has 5 heteroatoms. The van der Waals surface area contributed by atoms with Crippen molar-refractivity contribution >= 4 is 28.4 Å². The summed E-state index contributed by atoms with van der Waals surface area (Å²) < 4.78 is 0. The van der Waals surface area contributed by atoms with Crippen molar-refractivity contribution in [2.24, 2.45) is 0 Å². The lowest BCUT2D eigenvalue weighted by Gasteiger charge is -2.28. The number of rotatable bonds is 2. The van der Waals surface area contributed by atoms with Gasteiger partial charge in [-0.1, -0.05) is 11.6 Å². The van der Waals surface area contributed by atoms with Crippen molar-refractivity contribution in [1.82, 2.24) is 15.2 Å². The number of nitrogens with one attached hydrogen (secondary N) is 1. The van der Waals surface area contributed by atoms with E-state index < -0.39 is 0 Å². The minimum atomic E-state index is 0.160. The molecule has 2 atom stereocenters. The SMILES string of the molecule is O=C(c1cc(C2CC2)nc2ccc(Cl)cc12)N1C2CCNCC1CC2. The second-order valence-electron chi connectivity index (χ2n) is 7.62. The van der Waals surface area contributed by atoms with Gasteiger partial charge in [-0.25, -0.2) is 0 Å². The lowest BCUT2D eigenvalue weighted by atomic mass is 10.0. The normalized spacial score (nSPS) is 26.0. The summed E-state index contributed by atoms with van der Waals surface area (Å²) in [4.78, 5) is 20.5. The zero-order valence-electron chi connectivity index (χ0n) is 14.2. The van der Waals surface area contributed by atoms with Crippen LogP contribution in [0.3, 0.4) is 0 Å². The van der Waals surface area contributed by atoms with Gasteiger partial charge in [0.05, 0.1) is 11.1 Å². The van der Waals surface area contributed by atoms with E-state index in [4.69, 9.17) is 16.6 Å². The summed E-state index contributed by atoms with van der Waals surface area (Å²) in [6, 6.07) is 8.41. The van der Waals surface area contributed by atoms with Gasteiger partial charge in [0.25, 0.3) is 5.91 Å². The smallest absolute Gasteiger partial charge is 0.255 e. The minimum Gasteiger partial charge on any atom is -0.331 e. The van der Waals surface area contributed by atoms with Gasteiger partial charge in [0, 0.05) is 40.6 Å². The number of benzene rings is 1. The van der Waals surface area contributed by atoms with Gasteiger partial charge in [-0.15, -0.1) is 0 Å². The van der Waals surface area contributed by atoms with E-state index in [2.05, 4.69) is 10.2 Å². The van der Waals surface area contributed by atoms with Crippen LogP contribution in [0.1, 0.15) is 54.1 Å². The predicted octanol–water partition coefficient (Wildman–Crippen LogP) is 3.73. The van der Waals surface area contributed by atoms with Crippen LogP contribution in [0.5, 0.6) is 0 Å². The molecular formula is C20H22ClN3O. The second-order valence-corrected chi connectivity index (χ2v) is 8.06. The molecule has 25 heavy (non-hydrogen) atoms. The molecule has 5 rings (SSSR count). The maximum absolute atomic E-state index is 13.6. The van der Waals surface area contributed by atoms with Crippen LogP contribution in [0.4, 0.5) is 0 Å². The molecular weight excluding hydrogens is 334 g/mol. The number of carbonyl (C=O) groups excluding carboxylic acids is 1. The summed E-state index contributed by atoms with van der Waals surface area (Å²) in [5, 5.41) is 5.02. The molecule has 3 aliphatic rings. The van der Waals surface area contributed by atoms with Crippen LogP contribution >= 0.6 is 11.6 Å². The van der Waals surface area contributed by atoms with Gasteiger partial charge < -0.3 is 10.2 Å². The molecule has 0 spiro atoms. The molecule has 4 nitrogen and oxygen atoms in total. The Morgan fingerprint density at radius 3 is 2.80 bits per heavy atom. The van der Waals surface area contributed by atoms with Gasteiger partial charge in [-0.2, -0.15) is 0 Å². The lowest BCUT2D eigenvalue weighted by Crippen LogP contribution is -2.42. The second kappa shape index (κ2) is 5.96. The van der Waals surface area contributed by atoms with Crippen molar-refractivity contribution in [3.63, 3.8) is 0 Å². The maximum Gasteiger partial charge on any atom is 0.255 e. The molecule has 1 saturated carbocycles. The third kappa shape index (κ3) is 2.72. The van der Waals surface area contributed by atoms with Crippen LogP contribution < -0.4 is 5.32 Å². The number of hydrogen-bond acceptors (Lipinski definition) is 3. The highest BCUT2D eigenvalue weighted by Gasteiger charge is 2.39. The number of aromatic nitrogens is 1. The van der Waals surface area contributed by atoms with E-state index in [0.29, 0.717) is 23.0 Å². The highest BCUT2D eigenvalue weighted by molar-refractivity contribution is 6.31. The number of halogens is 1. The molecule has 2 saturated heterocycles. The van der Waals surface area contributed by atoms with Gasteiger partial charge in [0.15, 0.2) is 0 Å². The van der Waals surface area contributed by atoms with Crippen LogP contribution in [0.15, 0.2) is 24.3 Å². The molecule has 0 radical (unpaired) electrons. The molecule has 2 aliphatic heterocycles. The summed E-state index contributed by atoms with van der Waals surface area (Å²) >= 11 is 6.23. The largest absolute Gasteiger partial charge is 0.331 e. The number of carbonyl (C=O) groups is 1. The van der Waals surface area contributed by atoms with Gasteiger partial charge in [-0.05, 0) is 62.9 Å². The number of pyridine rings is 1. The first-order valence-electron chi connectivity index (χ1n) is 9.34. The topological polar surface area (TPSA) is 45.2 Å². The molecule has 130 valence electrons. The maximum atomic E-state index is 13.6. The average molecular weight is 356 g/mol. The average Bonchev–Trinajstić information content (AvgIpc) is 3.38. The summed E-state index contributed by atoms with van der Waals surface area (Å²) in [6.45, 7) is 1.91. The van der Waals surface area contributed by atoms with Crippen LogP contribution in [0.25, 0.3) is 10.9 Å². The molecule has 1 aromatic heterocycles. The summed E-state index contributed by atoms with van der Waals surface area (Å²) in [5.41, 5.74) is 2.74. The van der Waals surface area contributed by atoms with Crippen molar-refractivity contribution < 1.29 is 4.79 Å². The van der Waals surface area contributed by atoms with Gasteiger partial charge in [-0.3, -0.25) is 9.78 Å². The third-order valence-corrected chi connectivity index (χ3v) is 6.14. The molecule has 3 fully saturated rings. The fraction of sp³-hybridized carbons (Fsp3) is 0.500. The van der Waals surface area contributed by atoms with E-state index in [1.807, 2.05) is 24.3 Å². The zero-order valence-corrected chi connectivity index (χ0v) is 14.9. The molecule has 3 heterocycles. The molecule has 2 bridgehead atoms. The van der Waals surface area contributed by atoms with E-state index in [9.17, 15) is 4.79 Å².